The van der Waals surface area contributed by atoms with Crippen LogP contribution in [0.5, 0.6) is 0 Å². The molecule has 0 unspecified atom stereocenters. The Morgan fingerprint density at radius 1 is 1.06 bits per heavy atom. The zero-order valence-corrected chi connectivity index (χ0v) is 10.9. The molecule has 0 radical (unpaired) electrons. The van der Waals surface area contributed by atoms with E-state index < -0.39 is 7.12 Å². The van der Waals surface area contributed by atoms with Crippen molar-refractivity contribution in [2.24, 2.45) is 0 Å². The maximum Gasteiger partial charge on any atom is 0.516 e. The molecule has 92 valence electrons. The summed E-state index contributed by atoms with van der Waals surface area (Å²) < 4.78 is 11.8. The van der Waals surface area contributed by atoms with Gasteiger partial charge in [-0.3, -0.25) is 4.98 Å². The number of aromatic nitrogens is 2. The molecule has 1 aromatic heterocycles. The number of rotatable bonds is 2. The Bertz CT molecular complexity index is 390. The van der Waals surface area contributed by atoms with Gasteiger partial charge in [0.1, 0.15) is 5.82 Å². The van der Waals surface area contributed by atoms with Gasteiger partial charge in [0.05, 0.1) is 23.0 Å². The van der Waals surface area contributed by atoms with E-state index in [0.717, 1.165) is 5.82 Å². The molecule has 1 fully saturated rings. The second-order valence-corrected chi connectivity index (χ2v) is 5.16. The Hall–Kier alpha value is -1.14. The largest absolute Gasteiger partial charge is 0.516 e. The smallest absolute Gasteiger partial charge is 0.398 e. The molecule has 0 bridgehead atoms. The second-order valence-electron chi connectivity index (χ2n) is 5.16. The molecule has 0 aromatic carbocycles. The standard InChI is InChI=1S/C11H18BN3O2/c1-10(2)11(3,4)17-12(16-10)8-6-15-9(13-5)7-14-8/h6-7H,1-5H3,(H,13,15). The summed E-state index contributed by atoms with van der Waals surface area (Å²) in [6, 6.07) is 0. The molecular weight excluding hydrogens is 217 g/mol. The zero-order chi connectivity index (χ0) is 12.7. The first kappa shape index (κ1) is 12.3. The number of nitrogens with one attached hydrogen (secondary N) is 1. The molecule has 2 rings (SSSR count). The molecular formula is C11H18BN3O2. The van der Waals surface area contributed by atoms with E-state index in [0.29, 0.717) is 5.59 Å². The SMILES string of the molecule is CNc1cnc(B2OC(C)(C)C(C)(C)O2)cn1. The molecule has 17 heavy (non-hydrogen) atoms. The van der Waals surface area contributed by atoms with E-state index in [2.05, 4.69) is 15.3 Å². The Morgan fingerprint density at radius 3 is 2.06 bits per heavy atom. The summed E-state index contributed by atoms with van der Waals surface area (Å²) in [5.74, 6) is 0.727. The third kappa shape index (κ3) is 2.15. The van der Waals surface area contributed by atoms with Gasteiger partial charge in [-0.05, 0) is 27.7 Å². The van der Waals surface area contributed by atoms with Crippen molar-refractivity contribution in [1.29, 1.82) is 0 Å². The van der Waals surface area contributed by atoms with Gasteiger partial charge in [0, 0.05) is 13.2 Å². The topological polar surface area (TPSA) is 56.3 Å². The first-order valence-corrected chi connectivity index (χ1v) is 5.71. The van der Waals surface area contributed by atoms with Gasteiger partial charge in [0.25, 0.3) is 0 Å². The minimum Gasteiger partial charge on any atom is -0.398 e. The van der Waals surface area contributed by atoms with Crippen molar-refractivity contribution in [1.82, 2.24) is 9.97 Å². The quantitative estimate of drug-likeness (QED) is 0.769. The van der Waals surface area contributed by atoms with Gasteiger partial charge >= 0.3 is 7.12 Å². The lowest BCUT2D eigenvalue weighted by Gasteiger charge is -2.32. The molecule has 6 heteroatoms. The van der Waals surface area contributed by atoms with Crippen LogP contribution >= 0.6 is 0 Å². The molecule has 5 nitrogen and oxygen atoms in total. The van der Waals surface area contributed by atoms with Crippen molar-refractivity contribution >= 4 is 18.5 Å². The van der Waals surface area contributed by atoms with Crippen LogP contribution in [0.2, 0.25) is 0 Å². The lowest BCUT2D eigenvalue weighted by atomic mass is 9.85. The molecule has 1 saturated heterocycles. The van der Waals surface area contributed by atoms with E-state index in [1.165, 1.54) is 0 Å². The van der Waals surface area contributed by atoms with Gasteiger partial charge in [-0.25, -0.2) is 4.98 Å². The van der Waals surface area contributed by atoms with Crippen molar-refractivity contribution < 1.29 is 9.31 Å². The molecule has 1 aliphatic rings. The van der Waals surface area contributed by atoms with Gasteiger partial charge in [0.15, 0.2) is 0 Å². The van der Waals surface area contributed by atoms with Crippen LogP contribution in [0.3, 0.4) is 0 Å². The third-order valence-electron chi connectivity index (χ3n) is 3.42. The fourth-order valence-electron chi connectivity index (χ4n) is 1.55. The predicted molar refractivity (Wildman–Crippen MR) is 67.3 cm³/mol. The monoisotopic (exact) mass is 235 g/mol. The molecule has 0 aliphatic carbocycles. The highest BCUT2D eigenvalue weighted by molar-refractivity contribution is 6.61. The zero-order valence-electron chi connectivity index (χ0n) is 10.9. The molecule has 1 aliphatic heterocycles. The molecule has 0 amide bonds. The summed E-state index contributed by atoms with van der Waals surface area (Å²) in [4.78, 5) is 8.49. The maximum atomic E-state index is 5.88. The van der Waals surface area contributed by atoms with Crippen LogP contribution in [-0.4, -0.2) is 35.3 Å². The highest BCUT2D eigenvalue weighted by Crippen LogP contribution is 2.36. The van der Waals surface area contributed by atoms with Crippen molar-refractivity contribution in [3.05, 3.63) is 12.4 Å². The van der Waals surface area contributed by atoms with E-state index in [-0.39, 0.29) is 11.2 Å². The van der Waals surface area contributed by atoms with Crippen LogP contribution < -0.4 is 10.9 Å². The predicted octanol–water partition coefficient (Wildman–Crippen LogP) is 0.817. The average molecular weight is 235 g/mol. The average Bonchev–Trinajstić information content (AvgIpc) is 2.48. The van der Waals surface area contributed by atoms with Crippen LogP contribution in [0.25, 0.3) is 0 Å². The minimum atomic E-state index is -0.446. The third-order valence-corrected chi connectivity index (χ3v) is 3.42. The first-order chi connectivity index (χ1) is 7.86. The number of hydrogen-bond donors (Lipinski definition) is 1. The van der Waals surface area contributed by atoms with Gasteiger partial charge in [-0.2, -0.15) is 0 Å². The van der Waals surface area contributed by atoms with Crippen LogP contribution in [0.15, 0.2) is 12.4 Å². The molecule has 0 atom stereocenters. The Labute approximate surface area is 102 Å². The normalized spacial score (nSPS) is 21.6. The number of nitrogens with zero attached hydrogens (tertiary/aromatic N) is 2. The van der Waals surface area contributed by atoms with Crippen LogP contribution in [0, 0.1) is 0 Å². The second kappa shape index (κ2) is 3.96. The number of hydrogen-bond acceptors (Lipinski definition) is 5. The molecule has 1 aromatic rings. The molecule has 1 N–H and O–H groups in total. The number of anilines is 1. The molecule has 0 spiro atoms. The summed E-state index contributed by atoms with van der Waals surface area (Å²) >= 11 is 0. The highest BCUT2D eigenvalue weighted by atomic mass is 16.7. The lowest BCUT2D eigenvalue weighted by Crippen LogP contribution is -2.41. The van der Waals surface area contributed by atoms with Crippen molar-refractivity contribution in [3.8, 4) is 0 Å². The van der Waals surface area contributed by atoms with Gasteiger partial charge < -0.3 is 14.6 Å². The van der Waals surface area contributed by atoms with Crippen molar-refractivity contribution in [3.63, 3.8) is 0 Å². The molecule has 2 heterocycles. The van der Waals surface area contributed by atoms with E-state index in [9.17, 15) is 0 Å². The summed E-state index contributed by atoms with van der Waals surface area (Å²) in [7, 11) is 1.36. The van der Waals surface area contributed by atoms with Gasteiger partial charge in [0.2, 0.25) is 0 Å². The molecule has 0 saturated carbocycles. The van der Waals surface area contributed by atoms with Crippen molar-refractivity contribution in [2.75, 3.05) is 12.4 Å². The van der Waals surface area contributed by atoms with Crippen molar-refractivity contribution in [2.45, 2.75) is 38.9 Å². The summed E-state index contributed by atoms with van der Waals surface area (Å²) in [6.45, 7) is 8.07. The summed E-state index contributed by atoms with van der Waals surface area (Å²) in [5, 5.41) is 2.92. The van der Waals surface area contributed by atoms with Crippen LogP contribution in [0.1, 0.15) is 27.7 Å². The maximum absolute atomic E-state index is 5.88. The fraction of sp³-hybridized carbons (Fsp3) is 0.636. The van der Waals surface area contributed by atoms with E-state index >= 15 is 0 Å². The highest BCUT2D eigenvalue weighted by Gasteiger charge is 2.52. The summed E-state index contributed by atoms with van der Waals surface area (Å²) in [6.07, 6.45) is 3.34. The minimum absolute atomic E-state index is 0.346. The summed E-state index contributed by atoms with van der Waals surface area (Å²) in [5.41, 5.74) is 0.00449. The lowest BCUT2D eigenvalue weighted by molar-refractivity contribution is 0.00578. The fourth-order valence-corrected chi connectivity index (χ4v) is 1.55. The van der Waals surface area contributed by atoms with Gasteiger partial charge in [-0.1, -0.05) is 0 Å². The van der Waals surface area contributed by atoms with E-state index in [1.54, 1.807) is 19.4 Å². The van der Waals surface area contributed by atoms with E-state index in [4.69, 9.17) is 9.31 Å². The van der Waals surface area contributed by atoms with Crippen LogP contribution in [0.4, 0.5) is 5.82 Å². The van der Waals surface area contributed by atoms with Gasteiger partial charge in [-0.15, -0.1) is 0 Å². The first-order valence-electron chi connectivity index (χ1n) is 5.71. The van der Waals surface area contributed by atoms with E-state index in [1.807, 2.05) is 27.7 Å². The Kier molecular flexibility index (Phi) is 2.87. The Morgan fingerprint density at radius 2 is 1.65 bits per heavy atom. The Balaban J connectivity index is 2.20. The van der Waals surface area contributed by atoms with Crippen LogP contribution in [-0.2, 0) is 9.31 Å².